The van der Waals surface area contributed by atoms with Gasteiger partial charge in [0.1, 0.15) is 5.56 Å². The maximum absolute atomic E-state index is 11.7. The molecule has 0 spiro atoms. The highest BCUT2D eigenvalue weighted by Gasteiger charge is 2.17. The van der Waals surface area contributed by atoms with Gasteiger partial charge in [-0.1, -0.05) is 0 Å². The number of ether oxygens (including phenoxy) is 1. The molecule has 0 atom stereocenters. The number of esters is 1. The lowest BCUT2D eigenvalue weighted by Gasteiger charge is -2.05. The Hall–Kier alpha value is -2.24. The first kappa shape index (κ1) is 13.2. The first-order valence-electron chi connectivity index (χ1n) is 6.07. The predicted molar refractivity (Wildman–Crippen MR) is 69.3 cm³/mol. The van der Waals surface area contributed by atoms with Gasteiger partial charge in [-0.2, -0.15) is 5.10 Å². The second-order valence-corrected chi connectivity index (χ2v) is 4.23. The van der Waals surface area contributed by atoms with Crippen LogP contribution in [0.4, 0.5) is 0 Å². The van der Waals surface area contributed by atoms with Gasteiger partial charge in [-0.05, 0) is 33.8 Å². The van der Waals surface area contributed by atoms with E-state index >= 15 is 0 Å². The molecule has 0 fully saturated rings. The normalized spacial score (nSPS) is 10.5. The third-order valence-electron chi connectivity index (χ3n) is 2.67. The Labute approximate surface area is 111 Å². The highest BCUT2D eigenvalue weighted by molar-refractivity contribution is 5.90. The molecule has 2 rings (SSSR count). The maximum Gasteiger partial charge on any atom is 0.341 e. The molecule has 6 heteroatoms. The quantitative estimate of drug-likeness (QED) is 0.786. The summed E-state index contributed by atoms with van der Waals surface area (Å²) in [5.74, 6) is 0.0844. The molecular formula is C13H16N4O2. The third kappa shape index (κ3) is 2.62. The molecule has 0 saturated heterocycles. The standard InChI is InChI=1S/C13H16N4O2/c1-5-19-12(18)11-7-14-17(10(11)4)13-15-8(2)6-9(3)16-13/h6-7H,5H2,1-4H3. The summed E-state index contributed by atoms with van der Waals surface area (Å²) in [6.07, 6.45) is 1.48. The van der Waals surface area contributed by atoms with Gasteiger partial charge in [-0.25, -0.2) is 19.4 Å². The fourth-order valence-corrected chi connectivity index (χ4v) is 1.82. The molecule has 0 radical (unpaired) electrons. The van der Waals surface area contributed by atoms with Gasteiger partial charge in [0.05, 0.1) is 18.5 Å². The van der Waals surface area contributed by atoms with Crippen LogP contribution >= 0.6 is 0 Å². The monoisotopic (exact) mass is 260 g/mol. The zero-order chi connectivity index (χ0) is 14.0. The van der Waals surface area contributed by atoms with E-state index in [4.69, 9.17) is 4.74 Å². The predicted octanol–water partition coefficient (Wildman–Crippen LogP) is 1.76. The molecule has 0 aliphatic carbocycles. The Morgan fingerprint density at radius 3 is 2.47 bits per heavy atom. The van der Waals surface area contributed by atoms with Gasteiger partial charge >= 0.3 is 5.97 Å². The summed E-state index contributed by atoms with van der Waals surface area (Å²) in [7, 11) is 0. The number of hydrogen-bond acceptors (Lipinski definition) is 5. The molecule has 0 unspecified atom stereocenters. The fraction of sp³-hybridized carbons (Fsp3) is 0.385. The van der Waals surface area contributed by atoms with Crippen LogP contribution < -0.4 is 0 Å². The molecule has 2 heterocycles. The van der Waals surface area contributed by atoms with Gasteiger partial charge in [-0.15, -0.1) is 0 Å². The summed E-state index contributed by atoms with van der Waals surface area (Å²) in [5, 5.41) is 4.16. The molecule has 0 aliphatic heterocycles. The Bertz CT molecular complexity index is 599. The molecule has 0 bridgehead atoms. The van der Waals surface area contributed by atoms with Crippen molar-refractivity contribution in [2.45, 2.75) is 27.7 Å². The zero-order valence-corrected chi connectivity index (χ0v) is 11.5. The van der Waals surface area contributed by atoms with Gasteiger partial charge < -0.3 is 4.74 Å². The van der Waals surface area contributed by atoms with Crippen molar-refractivity contribution in [1.82, 2.24) is 19.7 Å². The van der Waals surface area contributed by atoms with E-state index in [1.54, 1.807) is 18.5 Å². The van der Waals surface area contributed by atoms with Gasteiger partial charge in [0, 0.05) is 11.4 Å². The summed E-state index contributed by atoms with van der Waals surface area (Å²) in [5.41, 5.74) is 2.82. The van der Waals surface area contributed by atoms with Gasteiger partial charge in [-0.3, -0.25) is 0 Å². The number of hydrogen-bond donors (Lipinski definition) is 0. The van der Waals surface area contributed by atoms with Crippen molar-refractivity contribution < 1.29 is 9.53 Å². The van der Waals surface area contributed by atoms with E-state index in [1.807, 2.05) is 19.9 Å². The van der Waals surface area contributed by atoms with Crippen molar-refractivity contribution in [1.29, 1.82) is 0 Å². The summed E-state index contributed by atoms with van der Waals surface area (Å²) >= 11 is 0. The van der Waals surface area contributed by atoms with Crippen LogP contribution in [0.3, 0.4) is 0 Å². The average Bonchev–Trinajstić information content (AvgIpc) is 2.70. The molecular weight excluding hydrogens is 244 g/mol. The number of aromatic nitrogens is 4. The molecule has 2 aromatic heterocycles. The lowest BCUT2D eigenvalue weighted by Crippen LogP contribution is -2.09. The van der Waals surface area contributed by atoms with Crippen molar-refractivity contribution in [3.05, 3.63) is 34.9 Å². The highest BCUT2D eigenvalue weighted by atomic mass is 16.5. The Morgan fingerprint density at radius 2 is 1.89 bits per heavy atom. The molecule has 0 saturated carbocycles. The van der Waals surface area contributed by atoms with Crippen molar-refractivity contribution in [2.24, 2.45) is 0 Å². The molecule has 0 aliphatic rings. The van der Waals surface area contributed by atoms with E-state index in [9.17, 15) is 4.79 Å². The van der Waals surface area contributed by atoms with Crippen LogP contribution in [0.5, 0.6) is 0 Å². The van der Waals surface area contributed by atoms with Crippen LogP contribution in [0.15, 0.2) is 12.3 Å². The van der Waals surface area contributed by atoms with Crippen LogP contribution in [-0.4, -0.2) is 32.3 Å². The summed E-state index contributed by atoms with van der Waals surface area (Å²) < 4.78 is 6.52. The van der Waals surface area contributed by atoms with Crippen LogP contribution in [-0.2, 0) is 4.74 Å². The minimum absolute atomic E-state index is 0.337. The van der Waals surface area contributed by atoms with E-state index in [0.29, 0.717) is 23.8 Å². The lowest BCUT2D eigenvalue weighted by atomic mass is 10.3. The van der Waals surface area contributed by atoms with Crippen molar-refractivity contribution >= 4 is 5.97 Å². The van der Waals surface area contributed by atoms with E-state index in [-0.39, 0.29) is 5.97 Å². The maximum atomic E-state index is 11.7. The first-order chi connectivity index (χ1) is 9.02. The molecule has 6 nitrogen and oxygen atoms in total. The summed E-state index contributed by atoms with van der Waals surface area (Å²) in [6.45, 7) is 7.68. The number of nitrogens with zero attached hydrogens (tertiary/aromatic N) is 4. The largest absolute Gasteiger partial charge is 0.462 e. The van der Waals surface area contributed by atoms with Gasteiger partial charge in [0.15, 0.2) is 0 Å². The Balaban J connectivity index is 2.44. The van der Waals surface area contributed by atoms with E-state index in [1.165, 1.54) is 6.20 Å². The summed E-state index contributed by atoms with van der Waals surface area (Å²) in [4.78, 5) is 20.4. The van der Waals surface area contributed by atoms with E-state index < -0.39 is 0 Å². The van der Waals surface area contributed by atoms with Crippen molar-refractivity contribution in [2.75, 3.05) is 6.61 Å². The minimum atomic E-state index is -0.379. The van der Waals surface area contributed by atoms with Crippen LogP contribution in [0.2, 0.25) is 0 Å². The number of carbonyl (C=O) groups excluding carboxylic acids is 1. The highest BCUT2D eigenvalue weighted by Crippen LogP contribution is 2.13. The molecule has 2 aromatic rings. The molecule has 0 amide bonds. The van der Waals surface area contributed by atoms with E-state index in [0.717, 1.165) is 11.4 Å². The Kier molecular flexibility index (Phi) is 3.59. The van der Waals surface area contributed by atoms with Crippen LogP contribution in [0, 0.1) is 20.8 Å². The number of rotatable bonds is 3. The third-order valence-corrected chi connectivity index (χ3v) is 2.67. The van der Waals surface area contributed by atoms with Crippen molar-refractivity contribution in [3.8, 4) is 5.95 Å². The smallest absolute Gasteiger partial charge is 0.341 e. The van der Waals surface area contributed by atoms with Gasteiger partial charge in [0.2, 0.25) is 0 Å². The fourth-order valence-electron chi connectivity index (χ4n) is 1.82. The first-order valence-corrected chi connectivity index (χ1v) is 6.07. The number of carbonyl (C=O) groups is 1. The second-order valence-electron chi connectivity index (χ2n) is 4.23. The molecule has 100 valence electrons. The van der Waals surface area contributed by atoms with E-state index in [2.05, 4.69) is 15.1 Å². The second kappa shape index (κ2) is 5.17. The molecule has 0 N–H and O–H groups in total. The Morgan fingerprint density at radius 1 is 1.26 bits per heavy atom. The van der Waals surface area contributed by atoms with Gasteiger partial charge in [0.25, 0.3) is 5.95 Å². The minimum Gasteiger partial charge on any atom is -0.462 e. The average molecular weight is 260 g/mol. The molecule has 19 heavy (non-hydrogen) atoms. The lowest BCUT2D eigenvalue weighted by molar-refractivity contribution is 0.0525. The van der Waals surface area contributed by atoms with Crippen LogP contribution in [0.25, 0.3) is 5.95 Å². The van der Waals surface area contributed by atoms with Crippen LogP contribution in [0.1, 0.15) is 34.4 Å². The molecule has 0 aromatic carbocycles. The summed E-state index contributed by atoms with van der Waals surface area (Å²) in [6, 6.07) is 1.88. The van der Waals surface area contributed by atoms with Crippen molar-refractivity contribution in [3.63, 3.8) is 0 Å². The topological polar surface area (TPSA) is 69.9 Å². The zero-order valence-electron chi connectivity index (χ0n) is 11.5. The SMILES string of the molecule is CCOC(=O)c1cnn(-c2nc(C)cc(C)n2)c1C. The number of aryl methyl sites for hydroxylation is 2.